The van der Waals surface area contributed by atoms with E-state index in [1.54, 1.807) is 4.90 Å². The Kier molecular flexibility index (Phi) is 2.87. The lowest BCUT2D eigenvalue weighted by molar-refractivity contribution is 0.146. The normalized spacial score (nSPS) is 33.3. The second kappa shape index (κ2) is 4.00. The lowest BCUT2D eigenvalue weighted by atomic mass is 10.2. The SMILES string of the molecule is CCN(CC)CC1[C@H]2CN(C(=O)O)C[C@@H]12. The maximum absolute atomic E-state index is 10.7. The number of carboxylic acid groups (broad SMARTS) is 1. The molecule has 15 heavy (non-hydrogen) atoms. The number of piperidine rings is 1. The minimum Gasteiger partial charge on any atom is -0.465 e. The van der Waals surface area contributed by atoms with Gasteiger partial charge in [0, 0.05) is 19.6 Å². The molecule has 1 heterocycles. The molecule has 2 fully saturated rings. The van der Waals surface area contributed by atoms with Crippen LogP contribution < -0.4 is 0 Å². The summed E-state index contributed by atoms with van der Waals surface area (Å²) in [6.45, 7) is 9.29. The smallest absolute Gasteiger partial charge is 0.407 e. The standard InChI is InChI=1S/C11H20N2O2/c1-3-12(4-2)5-8-9-6-13(11(14)15)7-10(8)9/h8-10H,3-7H2,1-2H3,(H,14,15)/t8?,9-,10+. The lowest BCUT2D eigenvalue weighted by Gasteiger charge is -2.21. The van der Waals surface area contributed by atoms with Gasteiger partial charge in [0.15, 0.2) is 0 Å². The first-order valence-electron chi connectivity index (χ1n) is 5.87. The highest BCUT2D eigenvalue weighted by Gasteiger charge is 2.56. The van der Waals surface area contributed by atoms with Crippen LogP contribution in [0.2, 0.25) is 0 Å². The van der Waals surface area contributed by atoms with Gasteiger partial charge in [0.05, 0.1) is 0 Å². The molecule has 2 rings (SSSR count). The zero-order valence-electron chi connectivity index (χ0n) is 9.52. The highest BCUT2D eigenvalue weighted by Crippen LogP contribution is 2.51. The molecule has 3 atom stereocenters. The minimum absolute atomic E-state index is 0.654. The first kappa shape index (κ1) is 10.7. The monoisotopic (exact) mass is 212 g/mol. The third-order valence-electron chi connectivity index (χ3n) is 4.01. The predicted octanol–water partition coefficient (Wildman–Crippen LogP) is 1.18. The van der Waals surface area contributed by atoms with Gasteiger partial charge in [-0.2, -0.15) is 0 Å². The van der Waals surface area contributed by atoms with Gasteiger partial charge in [-0.3, -0.25) is 0 Å². The Bertz CT molecular complexity index is 241. The molecule has 4 nitrogen and oxygen atoms in total. The topological polar surface area (TPSA) is 43.8 Å². The summed E-state index contributed by atoms with van der Waals surface area (Å²) in [5.74, 6) is 2.07. The quantitative estimate of drug-likeness (QED) is 0.761. The van der Waals surface area contributed by atoms with Crippen LogP contribution in [0.1, 0.15) is 13.8 Å². The number of amides is 1. The fourth-order valence-corrected chi connectivity index (χ4v) is 2.86. The summed E-state index contributed by atoms with van der Waals surface area (Å²) in [5.41, 5.74) is 0. The van der Waals surface area contributed by atoms with E-state index in [0.717, 1.165) is 38.6 Å². The van der Waals surface area contributed by atoms with Crippen molar-refractivity contribution in [2.75, 3.05) is 32.7 Å². The molecule has 0 aromatic rings. The third-order valence-corrected chi connectivity index (χ3v) is 4.01. The summed E-state index contributed by atoms with van der Waals surface area (Å²) < 4.78 is 0. The largest absolute Gasteiger partial charge is 0.465 e. The van der Waals surface area contributed by atoms with Crippen LogP contribution in [0.3, 0.4) is 0 Å². The molecule has 0 spiro atoms. The second-order valence-corrected chi connectivity index (χ2v) is 4.66. The number of hydrogen-bond donors (Lipinski definition) is 1. The Morgan fingerprint density at radius 1 is 1.33 bits per heavy atom. The molecule has 2 aliphatic rings. The molecule has 1 aliphatic heterocycles. The lowest BCUT2D eigenvalue weighted by Crippen LogP contribution is -2.33. The molecule has 86 valence electrons. The van der Waals surface area contributed by atoms with Crippen LogP contribution >= 0.6 is 0 Å². The molecule has 0 radical (unpaired) electrons. The summed E-state index contributed by atoms with van der Waals surface area (Å²) in [6.07, 6.45) is -0.746. The summed E-state index contributed by atoms with van der Waals surface area (Å²) in [5, 5.41) is 8.83. The van der Waals surface area contributed by atoms with Crippen molar-refractivity contribution in [2.24, 2.45) is 17.8 Å². The van der Waals surface area contributed by atoms with Crippen LogP contribution in [0.4, 0.5) is 4.79 Å². The molecule has 4 heteroatoms. The van der Waals surface area contributed by atoms with Crippen molar-refractivity contribution in [2.45, 2.75) is 13.8 Å². The number of nitrogens with zero attached hydrogens (tertiary/aromatic N) is 2. The third kappa shape index (κ3) is 1.95. The van der Waals surface area contributed by atoms with Gasteiger partial charge in [0.1, 0.15) is 0 Å². The van der Waals surface area contributed by atoms with Gasteiger partial charge in [-0.05, 0) is 30.8 Å². The van der Waals surface area contributed by atoms with Crippen molar-refractivity contribution in [3.8, 4) is 0 Å². The highest BCUT2D eigenvalue weighted by atomic mass is 16.4. The van der Waals surface area contributed by atoms with E-state index < -0.39 is 6.09 Å². The number of hydrogen-bond acceptors (Lipinski definition) is 2. The first-order valence-corrected chi connectivity index (χ1v) is 5.87. The Morgan fingerprint density at radius 3 is 2.27 bits per heavy atom. The van der Waals surface area contributed by atoms with Crippen LogP contribution in [0.5, 0.6) is 0 Å². The van der Waals surface area contributed by atoms with Crippen LogP contribution in [0.15, 0.2) is 0 Å². The summed E-state index contributed by atoms with van der Waals surface area (Å²) in [4.78, 5) is 14.7. The minimum atomic E-state index is -0.746. The van der Waals surface area contributed by atoms with Gasteiger partial charge < -0.3 is 14.9 Å². The molecule has 1 saturated heterocycles. The Morgan fingerprint density at radius 2 is 1.87 bits per heavy atom. The van der Waals surface area contributed by atoms with E-state index in [1.807, 2.05) is 0 Å². The number of carbonyl (C=O) groups is 1. The fourth-order valence-electron chi connectivity index (χ4n) is 2.86. The Labute approximate surface area is 90.9 Å². The number of fused-ring (bicyclic) bond motifs is 1. The average Bonchev–Trinajstić information content (AvgIpc) is 2.68. The molecule has 1 saturated carbocycles. The van der Waals surface area contributed by atoms with Crippen molar-refractivity contribution in [1.29, 1.82) is 0 Å². The second-order valence-electron chi connectivity index (χ2n) is 4.66. The Balaban J connectivity index is 1.77. The van der Waals surface area contributed by atoms with Crippen molar-refractivity contribution >= 4 is 6.09 Å². The van der Waals surface area contributed by atoms with Gasteiger partial charge in [-0.1, -0.05) is 13.8 Å². The Hall–Kier alpha value is -0.770. The fraction of sp³-hybridized carbons (Fsp3) is 0.909. The maximum atomic E-state index is 10.7. The van der Waals surface area contributed by atoms with E-state index in [2.05, 4.69) is 18.7 Å². The average molecular weight is 212 g/mol. The molecule has 1 N–H and O–H groups in total. The van der Waals surface area contributed by atoms with Gasteiger partial charge in [0.25, 0.3) is 0 Å². The van der Waals surface area contributed by atoms with Crippen molar-refractivity contribution < 1.29 is 9.90 Å². The molecule has 1 unspecified atom stereocenters. The number of rotatable bonds is 4. The van der Waals surface area contributed by atoms with Crippen LogP contribution in [-0.4, -0.2) is 53.7 Å². The molecular weight excluding hydrogens is 192 g/mol. The van der Waals surface area contributed by atoms with Gasteiger partial charge in [-0.15, -0.1) is 0 Å². The first-order chi connectivity index (χ1) is 7.17. The molecule has 0 bridgehead atoms. The summed E-state index contributed by atoms with van der Waals surface area (Å²) in [7, 11) is 0. The van der Waals surface area contributed by atoms with Gasteiger partial charge >= 0.3 is 6.09 Å². The van der Waals surface area contributed by atoms with E-state index in [-0.39, 0.29) is 0 Å². The predicted molar refractivity (Wildman–Crippen MR) is 57.9 cm³/mol. The van der Waals surface area contributed by atoms with Crippen LogP contribution in [-0.2, 0) is 0 Å². The zero-order valence-corrected chi connectivity index (χ0v) is 9.52. The summed E-state index contributed by atoms with van der Waals surface area (Å²) >= 11 is 0. The van der Waals surface area contributed by atoms with Crippen molar-refractivity contribution in [1.82, 2.24) is 9.80 Å². The molecule has 1 amide bonds. The van der Waals surface area contributed by atoms with Gasteiger partial charge in [-0.25, -0.2) is 4.79 Å². The number of likely N-dealkylation sites (tertiary alicyclic amines) is 1. The maximum Gasteiger partial charge on any atom is 0.407 e. The molecule has 1 aliphatic carbocycles. The van der Waals surface area contributed by atoms with Crippen LogP contribution in [0, 0.1) is 17.8 Å². The van der Waals surface area contributed by atoms with E-state index in [0.29, 0.717) is 11.8 Å². The van der Waals surface area contributed by atoms with E-state index in [4.69, 9.17) is 5.11 Å². The summed E-state index contributed by atoms with van der Waals surface area (Å²) in [6, 6.07) is 0. The van der Waals surface area contributed by atoms with Gasteiger partial charge in [0.2, 0.25) is 0 Å². The molecule has 0 aromatic heterocycles. The van der Waals surface area contributed by atoms with Crippen molar-refractivity contribution in [3.05, 3.63) is 0 Å². The van der Waals surface area contributed by atoms with E-state index >= 15 is 0 Å². The van der Waals surface area contributed by atoms with E-state index in [1.165, 1.54) is 0 Å². The van der Waals surface area contributed by atoms with E-state index in [9.17, 15) is 4.79 Å². The molecule has 0 aromatic carbocycles. The highest BCUT2D eigenvalue weighted by molar-refractivity contribution is 5.65. The van der Waals surface area contributed by atoms with Crippen LogP contribution in [0.25, 0.3) is 0 Å². The van der Waals surface area contributed by atoms with Crippen molar-refractivity contribution in [3.63, 3.8) is 0 Å². The molecular formula is C11H20N2O2. The zero-order chi connectivity index (χ0) is 11.0.